The number of fused-ring (bicyclic) bond motifs is 1. The molecule has 0 spiro atoms. The molecule has 1 atom stereocenters. The van der Waals surface area contributed by atoms with Crippen LogP contribution in [0.4, 0.5) is 0 Å². The molecule has 4 nitrogen and oxygen atoms in total. The number of pyridine rings is 1. The summed E-state index contributed by atoms with van der Waals surface area (Å²) in [5.41, 5.74) is 7.70. The first kappa shape index (κ1) is 10.1. The Morgan fingerprint density at radius 1 is 1.44 bits per heavy atom. The maximum atomic E-state index is 5.65. The van der Waals surface area contributed by atoms with Crippen LogP contribution in [0, 0.1) is 0 Å². The second-order valence-electron chi connectivity index (χ2n) is 4.09. The van der Waals surface area contributed by atoms with Gasteiger partial charge in [0.15, 0.2) is 5.65 Å². The number of nitrogens with two attached hydrogens (primary N) is 1. The third-order valence-corrected chi connectivity index (χ3v) is 4.18. The second-order valence-corrected chi connectivity index (χ2v) is 5.24. The highest BCUT2D eigenvalue weighted by molar-refractivity contribution is 7.99. The highest BCUT2D eigenvalue weighted by Gasteiger charge is 2.22. The standard InChI is InChI=1S/C11H14N4S/c12-5-8-1-2-10-13-14-11(15(10)6-8)9-3-4-16-7-9/h1-2,6,9H,3-5,7,12H2. The summed E-state index contributed by atoms with van der Waals surface area (Å²) in [5, 5.41) is 8.51. The topological polar surface area (TPSA) is 56.2 Å². The van der Waals surface area contributed by atoms with Gasteiger partial charge in [-0.25, -0.2) is 0 Å². The minimum Gasteiger partial charge on any atom is -0.326 e. The molecule has 0 radical (unpaired) electrons. The summed E-state index contributed by atoms with van der Waals surface area (Å²) < 4.78 is 2.10. The first-order chi connectivity index (χ1) is 7.88. The lowest BCUT2D eigenvalue weighted by atomic mass is 10.1. The Hall–Kier alpha value is -1.07. The third-order valence-electron chi connectivity index (χ3n) is 3.02. The van der Waals surface area contributed by atoms with E-state index in [4.69, 9.17) is 5.73 Å². The van der Waals surface area contributed by atoms with Gasteiger partial charge in [0.2, 0.25) is 0 Å². The molecule has 1 aliphatic heterocycles. The molecule has 1 fully saturated rings. The van der Waals surface area contributed by atoms with Crippen molar-refractivity contribution in [2.24, 2.45) is 5.73 Å². The zero-order chi connectivity index (χ0) is 11.0. The fourth-order valence-corrected chi connectivity index (χ4v) is 3.31. The molecule has 84 valence electrons. The molecule has 1 saturated heterocycles. The maximum absolute atomic E-state index is 5.65. The quantitative estimate of drug-likeness (QED) is 0.853. The van der Waals surface area contributed by atoms with Gasteiger partial charge in [0, 0.05) is 24.4 Å². The van der Waals surface area contributed by atoms with Gasteiger partial charge in [-0.2, -0.15) is 11.8 Å². The molecule has 16 heavy (non-hydrogen) atoms. The Morgan fingerprint density at radius 2 is 2.38 bits per heavy atom. The van der Waals surface area contributed by atoms with Gasteiger partial charge in [0.1, 0.15) is 5.82 Å². The zero-order valence-electron chi connectivity index (χ0n) is 8.97. The number of hydrogen-bond acceptors (Lipinski definition) is 4. The number of hydrogen-bond donors (Lipinski definition) is 1. The van der Waals surface area contributed by atoms with Crippen LogP contribution in [-0.2, 0) is 6.54 Å². The summed E-state index contributed by atoms with van der Waals surface area (Å²) in [7, 11) is 0. The van der Waals surface area contributed by atoms with Crippen molar-refractivity contribution < 1.29 is 0 Å². The van der Waals surface area contributed by atoms with E-state index in [1.165, 1.54) is 12.2 Å². The van der Waals surface area contributed by atoms with Gasteiger partial charge < -0.3 is 5.73 Å². The van der Waals surface area contributed by atoms with Crippen molar-refractivity contribution in [3.05, 3.63) is 29.7 Å². The fraction of sp³-hybridized carbons (Fsp3) is 0.455. The molecule has 0 amide bonds. The van der Waals surface area contributed by atoms with Gasteiger partial charge in [-0.05, 0) is 23.8 Å². The monoisotopic (exact) mass is 234 g/mol. The molecule has 2 N–H and O–H groups in total. The predicted octanol–water partition coefficient (Wildman–Crippen LogP) is 1.41. The highest BCUT2D eigenvalue weighted by Crippen LogP contribution is 2.31. The van der Waals surface area contributed by atoms with Crippen LogP contribution in [0.2, 0.25) is 0 Å². The summed E-state index contributed by atoms with van der Waals surface area (Å²) in [4.78, 5) is 0. The Labute approximate surface area is 98.2 Å². The van der Waals surface area contributed by atoms with Gasteiger partial charge >= 0.3 is 0 Å². The number of aromatic nitrogens is 3. The summed E-state index contributed by atoms with van der Waals surface area (Å²) in [6.45, 7) is 0.562. The van der Waals surface area contributed by atoms with Crippen molar-refractivity contribution >= 4 is 17.4 Å². The predicted molar refractivity (Wildman–Crippen MR) is 65.6 cm³/mol. The van der Waals surface area contributed by atoms with Crippen LogP contribution in [0.15, 0.2) is 18.3 Å². The van der Waals surface area contributed by atoms with Crippen molar-refractivity contribution in [3.8, 4) is 0 Å². The van der Waals surface area contributed by atoms with Gasteiger partial charge in [-0.1, -0.05) is 6.07 Å². The van der Waals surface area contributed by atoms with E-state index in [1.807, 2.05) is 23.9 Å². The minimum absolute atomic E-state index is 0.549. The van der Waals surface area contributed by atoms with Gasteiger partial charge in [-0.15, -0.1) is 10.2 Å². The largest absolute Gasteiger partial charge is 0.326 e. The molecule has 1 aliphatic rings. The molecule has 0 saturated carbocycles. The number of rotatable bonds is 2. The van der Waals surface area contributed by atoms with Crippen LogP contribution in [0.25, 0.3) is 5.65 Å². The average Bonchev–Trinajstić information content (AvgIpc) is 2.96. The van der Waals surface area contributed by atoms with Crippen LogP contribution < -0.4 is 5.73 Å². The second kappa shape index (κ2) is 4.07. The SMILES string of the molecule is NCc1ccc2nnc(C3CCSC3)n2c1. The van der Waals surface area contributed by atoms with E-state index in [1.54, 1.807) is 0 Å². The molecule has 1 unspecified atom stereocenters. The van der Waals surface area contributed by atoms with Gasteiger partial charge in [-0.3, -0.25) is 4.40 Å². The molecule has 3 heterocycles. The smallest absolute Gasteiger partial charge is 0.160 e. The van der Waals surface area contributed by atoms with Crippen LogP contribution in [0.5, 0.6) is 0 Å². The van der Waals surface area contributed by atoms with Crippen LogP contribution in [-0.4, -0.2) is 26.1 Å². The lowest BCUT2D eigenvalue weighted by molar-refractivity contribution is 0.704. The molecule has 0 aliphatic carbocycles. The molecule has 0 bridgehead atoms. The lowest BCUT2D eigenvalue weighted by Crippen LogP contribution is -2.05. The minimum atomic E-state index is 0.549. The summed E-state index contributed by atoms with van der Waals surface area (Å²) >= 11 is 1.99. The van der Waals surface area contributed by atoms with E-state index < -0.39 is 0 Å². The van der Waals surface area contributed by atoms with Crippen molar-refractivity contribution in [2.45, 2.75) is 18.9 Å². The lowest BCUT2D eigenvalue weighted by Gasteiger charge is -2.06. The number of thioether (sulfide) groups is 1. The first-order valence-corrected chi connectivity index (χ1v) is 6.65. The van der Waals surface area contributed by atoms with E-state index in [0.29, 0.717) is 12.5 Å². The van der Waals surface area contributed by atoms with E-state index in [-0.39, 0.29) is 0 Å². The van der Waals surface area contributed by atoms with Crippen molar-refractivity contribution in [2.75, 3.05) is 11.5 Å². The van der Waals surface area contributed by atoms with E-state index in [2.05, 4.69) is 20.8 Å². The Bertz CT molecular complexity index is 502. The maximum Gasteiger partial charge on any atom is 0.160 e. The molecule has 2 aromatic rings. The van der Waals surface area contributed by atoms with Crippen LogP contribution in [0.1, 0.15) is 23.7 Å². The summed E-state index contributed by atoms with van der Waals surface area (Å²) in [6, 6.07) is 4.00. The molecular weight excluding hydrogens is 220 g/mol. The van der Waals surface area contributed by atoms with Gasteiger partial charge in [0.05, 0.1) is 0 Å². The van der Waals surface area contributed by atoms with E-state index in [0.717, 1.165) is 22.8 Å². The van der Waals surface area contributed by atoms with E-state index in [9.17, 15) is 0 Å². The van der Waals surface area contributed by atoms with Crippen LogP contribution in [0.3, 0.4) is 0 Å². The third kappa shape index (κ3) is 1.60. The van der Waals surface area contributed by atoms with Crippen LogP contribution >= 0.6 is 11.8 Å². The summed E-state index contributed by atoms with van der Waals surface area (Å²) in [5.74, 6) is 4.03. The molecule has 2 aromatic heterocycles. The fourth-order valence-electron chi connectivity index (χ4n) is 2.09. The summed E-state index contributed by atoms with van der Waals surface area (Å²) in [6.07, 6.45) is 3.27. The first-order valence-electron chi connectivity index (χ1n) is 5.50. The Balaban J connectivity index is 2.09. The molecule has 5 heteroatoms. The highest BCUT2D eigenvalue weighted by atomic mass is 32.2. The Kier molecular flexibility index (Phi) is 2.57. The Morgan fingerprint density at radius 3 is 3.12 bits per heavy atom. The van der Waals surface area contributed by atoms with Crippen molar-refractivity contribution in [1.82, 2.24) is 14.6 Å². The molecule has 3 rings (SSSR count). The molecular formula is C11H14N4S. The average molecular weight is 234 g/mol. The molecule has 0 aromatic carbocycles. The van der Waals surface area contributed by atoms with E-state index >= 15 is 0 Å². The van der Waals surface area contributed by atoms with Crippen molar-refractivity contribution in [1.29, 1.82) is 0 Å². The van der Waals surface area contributed by atoms with Crippen molar-refractivity contribution in [3.63, 3.8) is 0 Å². The zero-order valence-corrected chi connectivity index (χ0v) is 9.78. The normalized spacial score (nSPS) is 20.7. The number of nitrogens with zero attached hydrogens (tertiary/aromatic N) is 3. The van der Waals surface area contributed by atoms with Gasteiger partial charge in [0.25, 0.3) is 0 Å².